The molecule has 0 spiro atoms. The van der Waals surface area contributed by atoms with Crippen LogP contribution in [0.15, 0.2) is 5.28 Å². The van der Waals surface area contributed by atoms with Crippen LogP contribution in [0.2, 0.25) is 0 Å². The Balaban J connectivity index is 2.41. The second-order valence-corrected chi connectivity index (χ2v) is 2.59. The molecule has 0 aromatic carbocycles. The van der Waals surface area contributed by atoms with Gasteiger partial charge in [0.2, 0.25) is 5.28 Å². The van der Waals surface area contributed by atoms with Gasteiger partial charge in [0.05, 0.1) is 18.1 Å². The van der Waals surface area contributed by atoms with E-state index in [9.17, 15) is 5.21 Å². The average molecular weight is 161 g/mol. The lowest BCUT2D eigenvalue weighted by molar-refractivity contribution is -0.706. The number of aliphatic hydroxyl groups excluding tert-OH is 1. The second kappa shape index (κ2) is 3.38. The van der Waals surface area contributed by atoms with E-state index in [4.69, 9.17) is 10.3 Å². The van der Waals surface area contributed by atoms with Crippen molar-refractivity contribution in [2.45, 2.75) is 6.42 Å². The van der Waals surface area contributed by atoms with Crippen molar-refractivity contribution in [1.29, 1.82) is 0 Å². The monoisotopic (exact) mass is 161 g/mol. The first-order valence-corrected chi connectivity index (χ1v) is 3.46. The SMILES string of the molecule is [O-][N+](=NO)N1CCC(CO)C1. The van der Waals surface area contributed by atoms with Crippen molar-refractivity contribution in [3.8, 4) is 0 Å². The van der Waals surface area contributed by atoms with Gasteiger partial charge in [-0.2, -0.15) is 0 Å². The Kier molecular flexibility index (Phi) is 2.48. The number of aliphatic hydroxyl groups is 1. The molecule has 1 saturated heterocycles. The molecular formula is C5H11N3O3. The summed E-state index contributed by atoms with van der Waals surface area (Å²) in [5.41, 5.74) is 0. The van der Waals surface area contributed by atoms with Gasteiger partial charge in [0.1, 0.15) is 0 Å². The molecule has 1 aliphatic rings. The minimum atomic E-state index is 0.0791. The van der Waals surface area contributed by atoms with E-state index in [-0.39, 0.29) is 17.5 Å². The predicted octanol–water partition coefficient (Wildman–Crippen LogP) is -0.433. The fraction of sp³-hybridized carbons (Fsp3) is 1.00. The van der Waals surface area contributed by atoms with Crippen LogP contribution >= 0.6 is 0 Å². The third kappa shape index (κ3) is 1.70. The van der Waals surface area contributed by atoms with Gasteiger partial charge in [-0.25, -0.2) is 0 Å². The van der Waals surface area contributed by atoms with Crippen molar-refractivity contribution in [3.05, 3.63) is 5.21 Å². The fourth-order valence-electron chi connectivity index (χ4n) is 1.17. The van der Waals surface area contributed by atoms with Crippen LogP contribution in [0.1, 0.15) is 6.42 Å². The van der Waals surface area contributed by atoms with Crippen molar-refractivity contribution in [2.24, 2.45) is 11.2 Å². The van der Waals surface area contributed by atoms with Crippen LogP contribution in [0.25, 0.3) is 0 Å². The Morgan fingerprint density at radius 1 is 1.73 bits per heavy atom. The van der Waals surface area contributed by atoms with Gasteiger partial charge in [-0.15, -0.1) is 5.01 Å². The van der Waals surface area contributed by atoms with Crippen molar-refractivity contribution in [1.82, 2.24) is 5.01 Å². The highest BCUT2D eigenvalue weighted by Gasteiger charge is 2.27. The largest absolute Gasteiger partial charge is 0.569 e. The minimum absolute atomic E-state index is 0.0791. The Bertz CT molecular complexity index is 161. The predicted molar refractivity (Wildman–Crippen MR) is 34.6 cm³/mol. The highest BCUT2D eigenvalue weighted by atomic mass is 16.6. The van der Waals surface area contributed by atoms with Gasteiger partial charge in [0, 0.05) is 12.5 Å². The lowest BCUT2D eigenvalue weighted by Gasteiger charge is -2.09. The Hall–Kier alpha value is -1.04. The number of rotatable bonds is 2. The number of hydrazine groups is 1. The highest BCUT2D eigenvalue weighted by Crippen LogP contribution is 2.14. The van der Waals surface area contributed by atoms with Crippen LogP contribution < -0.4 is 0 Å². The molecule has 6 heteroatoms. The van der Waals surface area contributed by atoms with Gasteiger partial charge in [-0.05, 0) is 6.42 Å². The molecular weight excluding hydrogens is 150 g/mol. The molecule has 1 heterocycles. The van der Waals surface area contributed by atoms with Gasteiger partial charge < -0.3 is 15.5 Å². The van der Waals surface area contributed by atoms with Gasteiger partial charge >= 0.3 is 0 Å². The molecule has 0 aromatic rings. The molecule has 1 atom stereocenters. The van der Waals surface area contributed by atoms with Crippen molar-refractivity contribution in [3.63, 3.8) is 0 Å². The molecule has 0 aromatic heterocycles. The maximum Gasteiger partial charge on any atom is 0.230 e. The summed E-state index contributed by atoms with van der Waals surface area (Å²) in [5, 5.41) is 31.2. The number of hydrogen-bond acceptors (Lipinski definition) is 3. The van der Waals surface area contributed by atoms with E-state index in [1.165, 1.54) is 5.01 Å². The molecule has 1 aliphatic heterocycles. The quantitative estimate of drug-likeness (QED) is 0.327. The summed E-state index contributed by atoms with van der Waals surface area (Å²) in [5.74, 6) is 0.133. The minimum Gasteiger partial charge on any atom is -0.569 e. The first kappa shape index (κ1) is 8.06. The maximum absolute atomic E-state index is 10.6. The van der Waals surface area contributed by atoms with Crippen molar-refractivity contribution >= 4 is 0 Å². The molecule has 11 heavy (non-hydrogen) atoms. The third-order valence-electron chi connectivity index (χ3n) is 1.84. The van der Waals surface area contributed by atoms with E-state index >= 15 is 0 Å². The van der Waals surface area contributed by atoms with Crippen LogP contribution in [0.3, 0.4) is 0 Å². The van der Waals surface area contributed by atoms with E-state index in [0.29, 0.717) is 13.1 Å². The summed E-state index contributed by atoms with van der Waals surface area (Å²) in [7, 11) is 0. The third-order valence-corrected chi connectivity index (χ3v) is 1.84. The maximum atomic E-state index is 10.6. The Labute approximate surface area is 63.9 Å². The summed E-state index contributed by atoms with van der Waals surface area (Å²) in [6, 6.07) is 0. The van der Waals surface area contributed by atoms with Gasteiger partial charge in [0.25, 0.3) is 0 Å². The molecule has 0 radical (unpaired) electrons. The smallest absolute Gasteiger partial charge is 0.230 e. The normalized spacial score (nSPS) is 26.1. The lowest BCUT2D eigenvalue weighted by Crippen LogP contribution is -2.28. The molecule has 2 N–H and O–H groups in total. The summed E-state index contributed by atoms with van der Waals surface area (Å²) in [4.78, 5) is 0.148. The molecule has 64 valence electrons. The van der Waals surface area contributed by atoms with E-state index in [1.807, 2.05) is 0 Å². The molecule has 1 unspecified atom stereocenters. The summed E-state index contributed by atoms with van der Waals surface area (Å²) in [6.45, 7) is 1.08. The fourth-order valence-corrected chi connectivity index (χ4v) is 1.17. The van der Waals surface area contributed by atoms with E-state index in [2.05, 4.69) is 5.28 Å². The zero-order valence-electron chi connectivity index (χ0n) is 6.05. The Morgan fingerprint density at radius 3 is 2.91 bits per heavy atom. The summed E-state index contributed by atoms with van der Waals surface area (Å²) in [6.07, 6.45) is 0.769. The highest BCUT2D eigenvalue weighted by molar-refractivity contribution is 4.68. The topological polar surface area (TPSA) is 82.1 Å². The molecule has 0 aliphatic carbocycles. The zero-order chi connectivity index (χ0) is 8.27. The van der Waals surface area contributed by atoms with Gasteiger partial charge in [-0.3, -0.25) is 0 Å². The van der Waals surface area contributed by atoms with Crippen LogP contribution in [-0.2, 0) is 0 Å². The first-order valence-electron chi connectivity index (χ1n) is 3.46. The standard InChI is InChI=1S/C5H11N3O3/c9-4-5-1-2-7(3-5)8(11)6-10/h5,9-10H,1-4H2. The molecule has 1 rings (SSSR count). The molecule has 0 amide bonds. The lowest BCUT2D eigenvalue weighted by atomic mass is 10.1. The van der Waals surface area contributed by atoms with E-state index in [0.717, 1.165) is 6.42 Å². The average Bonchev–Trinajstić information content (AvgIpc) is 2.50. The summed E-state index contributed by atoms with van der Waals surface area (Å²) >= 11 is 0. The van der Waals surface area contributed by atoms with E-state index in [1.54, 1.807) is 0 Å². The molecule has 0 bridgehead atoms. The van der Waals surface area contributed by atoms with Crippen LogP contribution in [0.5, 0.6) is 0 Å². The summed E-state index contributed by atoms with van der Waals surface area (Å²) < 4.78 is 0. The zero-order valence-corrected chi connectivity index (χ0v) is 6.05. The Morgan fingerprint density at radius 2 is 2.45 bits per heavy atom. The van der Waals surface area contributed by atoms with E-state index < -0.39 is 0 Å². The van der Waals surface area contributed by atoms with Crippen LogP contribution in [0, 0.1) is 11.1 Å². The van der Waals surface area contributed by atoms with Crippen LogP contribution in [0.4, 0.5) is 0 Å². The van der Waals surface area contributed by atoms with Gasteiger partial charge in [0.15, 0.2) is 0 Å². The van der Waals surface area contributed by atoms with Crippen molar-refractivity contribution in [2.75, 3.05) is 19.7 Å². The molecule has 1 fully saturated rings. The first-order chi connectivity index (χ1) is 5.27. The molecule has 6 nitrogen and oxygen atoms in total. The number of nitrogens with zero attached hydrogens (tertiary/aromatic N) is 3. The van der Waals surface area contributed by atoms with Crippen molar-refractivity contribution < 1.29 is 15.3 Å². The van der Waals surface area contributed by atoms with Gasteiger partial charge in [-0.1, -0.05) is 0 Å². The number of hydrogen-bond donors (Lipinski definition) is 2. The van der Waals surface area contributed by atoms with Crippen LogP contribution in [-0.4, -0.2) is 40.0 Å². The molecule has 0 saturated carbocycles. The second-order valence-electron chi connectivity index (χ2n) is 2.59.